The van der Waals surface area contributed by atoms with Crippen LogP contribution in [0, 0.1) is 5.92 Å². The summed E-state index contributed by atoms with van der Waals surface area (Å²) in [4.78, 5) is 31.1. The van der Waals surface area contributed by atoms with Gasteiger partial charge in [0.05, 0.1) is 5.69 Å². The number of benzene rings is 1. The van der Waals surface area contributed by atoms with E-state index in [-0.39, 0.29) is 17.7 Å². The number of anilines is 1. The molecule has 2 aromatic heterocycles. The fourth-order valence-electron chi connectivity index (χ4n) is 3.99. The van der Waals surface area contributed by atoms with E-state index >= 15 is 0 Å². The monoisotopic (exact) mass is 405 g/mol. The molecular weight excluding hydrogens is 378 g/mol. The molecule has 0 radical (unpaired) electrons. The van der Waals surface area contributed by atoms with Crippen LogP contribution in [0.1, 0.15) is 41.5 Å². The number of rotatable bonds is 6. The highest BCUT2D eigenvalue weighted by Gasteiger charge is 2.23. The van der Waals surface area contributed by atoms with E-state index in [9.17, 15) is 9.59 Å². The van der Waals surface area contributed by atoms with Crippen LogP contribution < -0.4 is 11.1 Å². The van der Waals surface area contributed by atoms with E-state index in [1.54, 1.807) is 6.07 Å². The standard InChI is InChI=1S/C23H27N5O2/c1-2-18-15-28-20(7-4-8-21(28)25-18)23(30)26-19-6-3-5-16(13-19)14-27-11-9-17(10-12-27)22(24)29/h3-8,13,15,17H,2,9-12,14H2,1H3,(H2,24,29)(H,26,30). The van der Waals surface area contributed by atoms with Crippen LogP contribution in [-0.2, 0) is 17.8 Å². The molecule has 0 unspecified atom stereocenters. The molecule has 1 aliphatic rings. The van der Waals surface area contributed by atoms with E-state index in [1.165, 1.54) is 0 Å². The summed E-state index contributed by atoms with van der Waals surface area (Å²) in [5, 5.41) is 3.01. The predicted octanol–water partition coefficient (Wildman–Crippen LogP) is 2.85. The van der Waals surface area contributed by atoms with E-state index in [2.05, 4.69) is 21.3 Å². The molecule has 0 bridgehead atoms. The number of aromatic nitrogens is 2. The third-order valence-corrected chi connectivity index (χ3v) is 5.72. The van der Waals surface area contributed by atoms with E-state index in [0.29, 0.717) is 5.69 Å². The fraction of sp³-hybridized carbons (Fsp3) is 0.348. The Labute approximate surface area is 175 Å². The highest BCUT2D eigenvalue weighted by atomic mass is 16.2. The number of hydrogen-bond donors (Lipinski definition) is 2. The lowest BCUT2D eigenvalue weighted by Gasteiger charge is -2.30. The van der Waals surface area contributed by atoms with Crippen molar-refractivity contribution in [2.75, 3.05) is 18.4 Å². The Morgan fingerprint density at radius 1 is 1.17 bits per heavy atom. The maximum absolute atomic E-state index is 12.9. The molecule has 1 fully saturated rings. The van der Waals surface area contributed by atoms with Crippen molar-refractivity contribution in [1.29, 1.82) is 0 Å². The number of nitrogens with zero attached hydrogens (tertiary/aromatic N) is 3. The van der Waals surface area contributed by atoms with E-state index in [0.717, 1.165) is 61.5 Å². The van der Waals surface area contributed by atoms with Crippen LogP contribution >= 0.6 is 0 Å². The summed E-state index contributed by atoms with van der Waals surface area (Å²) in [6.45, 7) is 4.54. The second-order valence-corrected chi connectivity index (χ2v) is 7.83. The minimum Gasteiger partial charge on any atom is -0.369 e. The van der Waals surface area contributed by atoms with Gasteiger partial charge in [0, 0.05) is 24.3 Å². The normalized spacial score (nSPS) is 15.4. The van der Waals surface area contributed by atoms with Crippen LogP contribution in [0.2, 0.25) is 0 Å². The fourth-order valence-corrected chi connectivity index (χ4v) is 3.99. The SMILES string of the molecule is CCc1cn2c(C(=O)Nc3cccc(CN4CCC(C(N)=O)CC4)c3)cccc2n1. The zero-order valence-corrected chi connectivity index (χ0v) is 17.2. The predicted molar refractivity (Wildman–Crippen MR) is 116 cm³/mol. The average molecular weight is 406 g/mol. The molecular formula is C23H27N5O2. The van der Waals surface area contributed by atoms with Crippen molar-refractivity contribution in [3.05, 3.63) is 65.6 Å². The molecule has 1 aromatic carbocycles. The summed E-state index contributed by atoms with van der Waals surface area (Å²) < 4.78 is 1.83. The minimum absolute atomic E-state index is 0.00835. The summed E-state index contributed by atoms with van der Waals surface area (Å²) in [7, 11) is 0. The zero-order valence-electron chi connectivity index (χ0n) is 17.2. The number of nitrogens with two attached hydrogens (primary N) is 1. The number of carbonyl (C=O) groups is 2. The molecule has 4 rings (SSSR count). The number of likely N-dealkylation sites (tertiary alicyclic amines) is 1. The van der Waals surface area contributed by atoms with Crippen LogP contribution in [0.25, 0.3) is 5.65 Å². The lowest BCUT2D eigenvalue weighted by Crippen LogP contribution is -2.38. The van der Waals surface area contributed by atoms with Gasteiger partial charge >= 0.3 is 0 Å². The third kappa shape index (κ3) is 4.36. The van der Waals surface area contributed by atoms with Crippen molar-refractivity contribution in [2.45, 2.75) is 32.7 Å². The van der Waals surface area contributed by atoms with Crippen molar-refractivity contribution in [3.63, 3.8) is 0 Å². The molecule has 30 heavy (non-hydrogen) atoms. The van der Waals surface area contributed by atoms with Crippen LogP contribution in [0.5, 0.6) is 0 Å². The van der Waals surface area contributed by atoms with E-state index in [4.69, 9.17) is 5.73 Å². The zero-order chi connectivity index (χ0) is 21.1. The topological polar surface area (TPSA) is 92.7 Å². The van der Waals surface area contributed by atoms with Crippen molar-refractivity contribution in [2.24, 2.45) is 11.7 Å². The van der Waals surface area contributed by atoms with Gasteiger partial charge in [-0.25, -0.2) is 4.98 Å². The Bertz CT molecular complexity index is 1070. The van der Waals surface area contributed by atoms with Crippen molar-refractivity contribution < 1.29 is 9.59 Å². The summed E-state index contributed by atoms with van der Waals surface area (Å²) in [5.74, 6) is -0.371. The molecule has 7 heteroatoms. The maximum atomic E-state index is 12.9. The lowest BCUT2D eigenvalue weighted by molar-refractivity contribution is -0.123. The first kappa shape index (κ1) is 20.1. The van der Waals surface area contributed by atoms with Crippen LogP contribution in [0.3, 0.4) is 0 Å². The van der Waals surface area contributed by atoms with Gasteiger partial charge in [0.1, 0.15) is 11.3 Å². The molecule has 156 valence electrons. The number of carbonyl (C=O) groups excluding carboxylic acids is 2. The Morgan fingerprint density at radius 2 is 1.93 bits per heavy atom. The first-order valence-corrected chi connectivity index (χ1v) is 10.4. The number of aryl methyl sites for hydroxylation is 1. The second kappa shape index (κ2) is 8.67. The molecule has 0 atom stereocenters. The number of nitrogens with one attached hydrogen (secondary N) is 1. The number of fused-ring (bicyclic) bond motifs is 1. The quantitative estimate of drug-likeness (QED) is 0.660. The number of pyridine rings is 1. The Balaban J connectivity index is 1.44. The molecule has 1 saturated heterocycles. The van der Waals surface area contributed by atoms with Crippen molar-refractivity contribution in [3.8, 4) is 0 Å². The summed E-state index contributed by atoms with van der Waals surface area (Å²) >= 11 is 0. The first-order valence-electron chi connectivity index (χ1n) is 10.4. The summed E-state index contributed by atoms with van der Waals surface area (Å²) in [6.07, 6.45) is 4.35. The van der Waals surface area contributed by atoms with Crippen LogP contribution in [0.15, 0.2) is 48.7 Å². The van der Waals surface area contributed by atoms with Gasteiger partial charge in [0.25, 0.3) is 5.91 Å². The molecule has 0 saturated carbocycles. The molecule has 3 heterocycles. The minimum atomic E-state index is -0.196. The Morgan fingerprint density at radius 3 is 2.67 bits per heavy atom. The molecule has 0 aliphatic carbocycles. The Kier molecular flexibility index (Phi) is 5.81. The number of hydrogen-bond acceptors (Lipinski definition) is 4. The van der Waals surface area contributed by atoms with Gasteiger partial charge in [-0.05, 0) is 62.2 Å². The van der Waals surface area contributed by atoms with Crippen LogP contribution in [0.4, 0.5) is 5.69 Å². The highest BCUT2D eigenvalue weighted by molar-refractivity contribution is 6.03. The van der Waals surface area contributed by atoms with Crippen molar-refractivity contribution >= 4 is 23.1 Å². The third-order valence-electron chi connectivity index (χ3n) is 5.72. The van der Waals surface area contributed by atoms with Gasteiger partial charge < -0.3 is 11.1 Å². The molecule has 3 N–H and O–H groups in total. The van der Waals surface area contributed by atoms with E-state index in [1.807, 2.05) is 47.9 Å². The second-order valence-electron chi connectivity index (χ2n) is 7.83. The number of amides is 2. The lowest BCUT2D eigenvalue weighted by atomic mass is 9.96. The van der Waals surface area contributed by atoms with Gasteiger partial charge in [0.15, 0.2) is 0 Å². The van der Waals surface area contributed by atoms with Crippen molar-refractivity contribution in [1.82, 2.24) is 14.3 Å². The molecule has 7 nitrogen and oxygen atoms in total. The Hall–Kier alpha value is -3.19. The largest absolute Gasteiger partial charge is 0.369 e. The molecule has 0 spiro atoms. The maximum Gasteiger partial charge on any atom is 0.272 e. The smallest absolute Gasteiger partial charge is 0.272 e. The van der Waals surface area contributed by atoms with E-state index < -0.39 is 0 Å². The van der Waals surface area contributed by atoms with Gasteiger partial charge in [-0.1, -0.05) is 25.1 Å². The highest BCUT2D eigenvalue weighted by Crippen LogP contribution is 2.20. The number of primary amides is 1. The van der Waals surface area contributed by atoms with Gasteiger partial charge in [-0.2, -0.15) is 0 Å². The first-order chi connectivity index (χ1) is 14.5. The average Bonchev–Trinajstić information content (AvgIpc) is 3.18. The van der Waals surface area contributed by atoms with Gasteiger partial charge in [-0.15, -0.1) is 0 Å². The molecule has 1 aliphatic heterocycles. The van der Waals surface area contributed by atoms with Gasteiger partial charge in [0.2, 0.25) is 5.91 Å². The van der Waals surface area contributed by atoms with Gasteiger partial charge in [-0.3, -0.25) is 18.9 Å². The van der Waals surface area contributed by atoms with Crippen LogP contribution in [-0.4, -0.2) is 39.2 Å². The number of piperidine rings is 1. The molecule has 3 aromatic rings. The summed E-state index contributed by atoms with van der Waals surface area (Å²) in [5.41, 5.74) is 9.59. The summed E-state index contributed by atoms with van der Waals surface area (Å²) in [6, 6.07) is 13.5. The molecule has 2 amide bonds. The number of imidazole rings is 1.